The van der Waals surface area contributed by atoms with Crippen molar-refractivity contribution in [2.45, 2.75) is 6.42 Å². The third-order valence-corrected chi connectivity index (χ3v) is 4.15. The maximum absolute atomic E-state index is 11.6. The molecule has 0 spiro atoms. The number of methoxy groups -OCH3 is 1. The zero-order valence-electron chi connectivity index (χ0n) is 9.17. The number of ether oxygens (including phenoxy) is 1. The second-order valence-corrected chi connectivity index (χ2v) is 5.99. The molecule has 0 bridgehead atoms. The van der Waals surface area contributed by atoms with E-state index in [1.54, 1.807) is 0 Å². The van der Waals surface area contributed by atoms with Gasteiger partial charge in [-0.2, -0.15) is 0 Å². The van der Waals surface area contributed by atoms with Crippen LogP contribution in [0.1, 0.15) is 16.1 Å². The first kappa shape index (κ1) is 13.9. The van der Waals surface area contributed by atoms with Crippen molar-refractivity contribution in [1.82, 2.24) is 0 Å². The van der Waals surface area contributed by atoms with E-state index in [4.69, 9.17) is 9.84 Å². The molecule has 0 saturated carbocycles. The summed E-state index contributed by atoms with van der Waals surface area (Å²) in [7, 11) is -2.03. The van der Waals surface area contributed by atoms with Crippen molar-refractivity contribution in [3.63, 3.8) is 0 Å². The number of thiophene rings is 1. The summed E-state index contributed by atoms with van der Waals surface area (Å²) in [5, 5.41) is 10.3. The fourth-order valence-corrected chi connectivity index (χ4v) is 3.02. The molecule has 1 aromatic rings. The molecule has 0 atom stereocenters. The molecule has 0 saturated heterocycles. The van der Waals surface area contributed by atoms with Crippen LogP contribution in [0.25, 0.3) is 0 Å². The van der Waals surface area contributed by atoms with Crippen molar-refractivity contribution in [2.75, 3.05) is 24.2 Å². The number of anilines is 1. The molecule has 0 radical (unpaired) electrons. The highest BCUT2D eigenvalue weighted by Gasteiger charge is 2.17. The molecule has 0 aliphatic rings. The SMILES string of the molecule is COCCCS(=O)(=O)Nc1ccsc1C(=O)O. The van der Waals surface area contributed by atoms with E-state index in [1.165, 1.54) is 18.6 Å². The molecule has 0 unspecified atom stereocenters. The van der Waals surface area contributed by atoms with Crippen LogP contribution in [-0.4, -0.2) is 39.0 Å². The van der Waals surface area contributed by atoms with Crippen molar-refractivity contribution in [1.29, 1.82) is 0 Å². The molecule has 0 aliphatic heterocycles. The Balaban J connectivity index is 2.69. The van der Waals surface area contributed by atoms with Crippen LogP contribution in [0.15, 0.2) is 11.4 Å². The van der Waals surface area contributed by atoms with Gasteiger partial charge in [0.25, 0.3) is 0 Å². The van der Waals surface area contributed by atoms with Gasteiger partial charge in [0, 0.05) is 13.7 Å². The summed E-state index contributed by atoms with van der Waals surface area (Å²) in [6, 6.07) is 1.43. The van der Waals surface area contributed by atoms with Crippen molar-refractivity contribution >= 4 is 33.0 Å². The Morgan fingerprint density at radius 3 is 2.88 bits per heavy atom. The second-order valence-electron chi connectivity index (χ2n) is 3.24. The molecule has 0 amide bonds. The molecule has 17 heavy (non-hydrogen) atoms. The Kier molecular flexibility index (Phi) is 4.91. The van der Waals surface area contributed by atoms with Crippen LogP contribution in [0.2, 0.25) is 0 Å². The summed E-state index contributed by atoms with van der Waals surface area (Å²) in [6.07, 6.45) is 0.359. The molecule has 1 aromatic heterocycles. The van der Waals surface area contributed by atoms with Gasteiger partial charge in [0.1, 0.15) is 4.88 Å². The molecule has 96 valence electrons. The number of rotatable bonds is 7. The van der Waals surface area contributed by atoms with Gasteiger partial charge in [0.2, 0.25) is 10.0 Å². The molecule has 6 nitrogen and oxygen atoms in total. The van der Waals surface area contributed by atoms with Gasteiger partial charge in [-0.25, -0.2) is 13.2 Å². The number of nitrogens with one attached hydrogen (secondary N) is 1. The Morgan fingerprint density at radius 2 is 2.29 bits per heavy atom. The first-order valence-electron chi connectivity index (χ1n) is 4.76. The standard InChI is InChI=1S/C9H13NO5S2/c1-15-4-2-6-17(13,14)10-7-3-5-16-8(7)9(11)12/h3,5,10H,2,4,6H2,1H3,(H,11,12). The fraction of sp³-hybridized carbons (Fsp3) is 0.444. The molecule has 1 heterocycles. The molecule has 1 rings (SSSR count). The summed E-state index contributed by atoms with van der Waals surface area (Å²) in [4.78, 5) is 10.8. The molecule has 2 N–H and O–H groups in total. The van der Waals surface area contributed by atoms with Crippen LogP contribution in [0.4, 0.5) is 5.69 Å². The van der Waals surface area contributed by atoms with E-state index < -0.39 is 16.0 Å². The van der Waals surface area contributed by atoms with Gasteiger partial charge >= 0.3 is 5.97 Å². The minimum atomic E-state index is -3.52. The number of hydrogen-bond acceptors (Lipinski definition) is 5. The summed E-state index contributed by atoms with van der Waals surface area (Å²) < 4.78 is 30.2. The summed E-state index contributed by atoms with van der Waals surface area (Å²) in [6.45, 7) is 0.344. The minimum absolute atomic E-state index is 0.0136. The van der Waals surface area contributed by atoms with Gasteiger partial charge < -0.3 is 9.84 Å². The Labute approximate surface area is 103 Å². The number of carbonyl (C=O) groups is 1. The number of carboxylic acid groups (broad SMARTS) is 1. The van der Waals surface area contributed by atoms with E-state index >= 15 is 0 Å². The summed E-state index contributed by atoms with van der Waals surface area (Å²) >= 11 is 0.976. The van der Waals surface area contributed by atoms with Crippen LogP contribution in [0, 0.1) is 0 Å². The average Bonchev–Trinajstić information content (AvgIpc) is 2.65. The van der Waals surface area contributed by atoms with Crippen molar-refractivity contribution in [2.24, 2.45) is 0 Å². The van der Waals surface area contributed by atoms with Crippen LogP contribution >= 0.6 is 11.3 Å². The minimum Gasteiger partial charge on any atom is -0.477 e. The lowest BCUT2D eigenvalue weighted by atomic mass is 10.4. The lowest BCUT2D eigenvalue weighted by molar-refractivity contribution is 0.0703. The number of carboxylic acids is 1. The fourth-order valence-electron chi connectivity index (χ4n) is 1.17. The van der Waals surface area contributed by atoms with Crippen molar-refractivity contribution in [3.05, 3.63) is 16.3 Å². The van der Waals surface area contributed by atoms with Crippen LogP contribution in [0.5, 0.6) is 0 Å². The quantitative estimate of drug-likeness (QED) is 0.732. The maximum Gasteiger partial charge on any atom is 0.348 e. The average molecular weight is 279 g/mol. The van der Waals surface area contributed by atoms with Gasteiger partial charge in [-0.15, -0.1) is 11.3 Å². The normalized spacial score (nSPS) is 11.4. The number of aromatic carboxylic acids is 1. The van der Waals surface area contributed by atoms with Gasteiger partial charge in [-0.05, 0) is 17.9 Å². The Bertz CT molecular complexity index is 479. The molecular weight excluding hydrogens is 266 g/mol. The number of hydrogen-bond donors (Lipinski definition) is 2. The van der Waals surface area contributed by atoms with E-state index in [1.807, 2.05) is 0 Å². The third-order valence-electron chi connectivity index (χ3n) is 1.89. The van der Waals surface area contributed by atoms with E-state index in [-0.39, 0.29) is 16.3 Å². The van der Waals surface area contributed by atoms with E-state index in [0.29, 0.717) is 13.0 Å². The third kappa shape index (κ3) is 4.33. The van der Waals surface area contributed by atoms with Crippen LogP contribution in [-0.2, 0) is 14.8 Å². The van der Waals surface area contributed by atoms with E-state index in [2.05, 4.69) is 4.72 Å². The lowest BCUT2D eigenvalue weighted by Crippen LogP contribution is -2.18. The second kappa shape index (κ2) is 5.99. The highest BCUT2D eigenvalue weighted by Crippen LogP contribution is 2.23. The first-order valence-corrected chi connectivity index (χ1v) is 7.29. The van der Waals surface area contributed by atoms with Crippen molar-refractivity contribution in [3.8, 4) is 0 Å². The molecular formula is C9H13NO5S2. The van der Waals surface area contributed by atoms with Crippen LogP contribution < -0.4 is 4.72 Å². The largest absolute Gasteiger partial charge is 0.477 e. The van der Waals surface area contributed by atoms with Gasteiger partial charge in [-0.3, -0.25) is 4.72 Å². The summed E-state index contributed by atoms with van der Waals surface area (Å²) in [5.74, 6) is -1.25. The van der Waals surface area contributed by atoms with E-state index in [9.17, 15) is 13.2 Å². The Hall–Kier alpha value is -1.12. The van der Waals surface area contributed by atoms with E-state index in [0.717, 1.165) is 11.3 Å². The monoisotopic (exact) mass is 279 g/mol. The summed E-state index contributed by atoms with van der Waals surface area (Å²) in [5.41, 5.74) is 0.111. The molecule has 0 aromatic carbocycles. The first-order chi connectivity index (χ1) is 7.96. The topological polar surface area (TPSA) is 92.7 Å². The van der Waals surface area contributed by atoms with Crippen molar-refractivity contribution < 1.29 is 23.1 Å². The highest BCUT2D eigenvalue weighted by atomic mass is 32.2. The highest BCUT2D eigenvalue weighted by molar-refractivity contribution is 7.92. The zero-order valence-corrected chi connectivity index (χ0v) is 10.8. The molecule has 8 heteroatoms. The predicted octanol–water partition coefficient (Wildman–Crippen LogP) is 1.22. The molecule has 0 aliphatic carbocycles. The maximum atomic E-state index is 11.6. The zero-order chi connectivity index (χ0) is 12.9. The smallest absolute Gasteiger partial charge is 0.348 e. The van der Waals surface area contributed by atoms with Gasteiger partial charge in [0.15, 0.2) is 0 Å². The number of sulfonamides is 1. The predicted molar refractivity (Wildman–Crippen MR) is 65.2 cm³/mol. The Morgan fingerprint density at radius 1 is 1.59 bits per heavy atom. The van der Waals surface area contributed by atoms with Gasteiger partial charge in [-0.1, -0.05) is 0 Å². The van der Waals surface area contributed by atoms with Gasteiger partial charge in [0.05, 0.1) is 11.4 Å². The molecule has 0 fully saturated rings. The van der Waals surface area contributed by atoms with Crippen LogP contribution in [0.3, 0.4) is 0 Å². The lowest BCUT2D eigenvalue weighted by Gasteiger charge is -2.06.